The van der Waals surface area contributed by atoms with Crippen molar-refractivity contribution in [3.8, 4) is 0 Å². The number of allylic oxidation sites excluding steroid dienone is 2. The molecule has 0 N–H and O–H groups in total. The first-order chi connectivity index (χ1) is 5.81. The van der Waals surface area contributed by atoms with Crippen LogP contribution in [0.2, 0.25) is 0 Å². The van der Waals surface area contributed by atoms with Crippen LogP contribution in [0.25, 0.3) is 0 Å². The molecule has 0 aliphatic carbocycles. The van der Waals surface area contributed by atoms with Crippen molar-refractivity contribution in [3.63, 3.8) is 0 Å². The summed E-state index contributed by atoms with van der Waals surface area (Å²) < 4.78 is 4.79. The third-order valence-corrected chi connectivity index (χ3v) is 1.35. The first-order valence-electron chi connectivity index (χ1n) is 4.19. The van der Waals surface area contributed by atoms with Gasteiger partial charge in [0.15, 0.2) is 0 Å². The fourth-order valence-electron chi connectivity index (χ4n) is 0.755. The molecule has 0 spiro atoms. The van der Waals surface area contributed by atoms with E-state index >= 15 is 0 Å². The summed E-state index contributed by atoms with van der Waals surface area (Å²) in [7, 11) is 0. The molecule has 0 radical (unpaired) electrons. The first-order valence-corrected chi connectivity index (χ1v) is 4.19. The van der Waals surface area contributed by atoms with Crippen molar-refractivity contribution in [2.45, 2.75) is 26.2 Å². The summed E-state index contributed by atoms with van der Waals surface area (Å²) in [5.41, 5.74) is 0. The zero-order valence-corrected chi connectivity index (χ0v) is 7.58. The van der Waals surface area contributed by atoms with Crippen LogP contribution in [-0.2, 0) is 9.53 Å². The zero-order chi connectivity index (χ0) is 9.23. The van der Waals surface area contributed by atoms with Gasteiger partial charge in [0.05, 0.1) is 0 Å². The van der Waals surface area contributed by atoms with Crippen molar-refractivity contribution in [2.24, 2.45) is 0 Å². The van der Waals surface area contributed by atoms with Crippen LogP contribution in [0.5, 0.6) is 0 Å². The maximum Gasteiger partial charge on any atom is 0.306 e. The van der Waals surface area contributed by atoms with E-state index in [4.69, 9.17) is 4.74 Å². The number of unbranched alkanes of at least 4 members (excludes halogenated alkanes) is 1. The summed E-state index contributed by atoms with van der Waals surface area (Å²) in [5.74, 6) is -0.139. The molecule has 0 aliphatic heterocycles. The summed E-state index contributed by atoms with van der Waals surface area (Å²) in [6, 6.07) is 0. The second-order valence-electron chi connectivity index (χ2n) is 2.43. The van der Waals surface area contributed by atoms with E-state index in [-0.39, 0.29) is 5.97 Å². The highest BCUT2D eigenvalue weighted by atomic mass is 16.5. The first kappa shape index (κ1) is 11.0. The van der Waals surface area contributed by atoms with Crippen molar-refractivity contribution >= 4 is 5.97 Å². The quantitative estimate of drug-likeness (QED) is 0.346. The SMILES string of the molecule is C=CCOC(=O)CCC/C=C\C. The van der Waals surface area contributed by atoms with Gasteiger partial charge in [-0.3, -0.25) is 4.79 Å². The van der Waals surface area contributed by atoms with E-state index in [0.717, 1.165) is 12.8 Å². The smallest absolute Gasteiger partial charge is 0.306 e. The Morgan fingerprint density at radius 2 is 2.33 bits per heavy atom. The number of ether oxygens (including phenoxy) is 1. The maximum atomic E-state index is 10.9. The molecular formula is C10H16O2. The summed E-state index contributed by atoms with van der Waals surface area (Å²) in [6.07, 6.45) is 7.90. The Balaban J connectivity index is 3.25. The predicted molar refractivity (Wildman–Crippen MR) is 49.8 cm³/mol. The van der Waals surface area contributed by atoms with E-state index < -0.39 is 0 Å². The lowest BCUT2D eigenvalue weighted by Crippen LogP contribution is -2.03. The van der Waals surface area contributed by atoms with Crippen LogP contribution in [0.1, 0.15) is 26.2 Å². The Kier molecular flexibility index (Phi) is 7.35. The van der Waals surface area contributed by atoms with Gasteiger partial charge in [0.2, 0.25) is 0 Å². The number of carbonyl (C=O) groups is 1. The molecule has 2 nitrogen and oxygen atoms in total. The number of esters is 1. The minimum Gasteiger partial charge on any atom is -0.461 e. The lowest BCUT2D eigenvalue weighted by atomic mass is 10.2. The summed E-state index contributed by atoms with van der Waals surface area (Å²) in [6.45, 7) is 5.74. The van der Waals surface area contributed by atoms with E-state index in [9.17, 15) is 4.79 Å². The van der Waals surface area contributed by atoms with Crippen LogP contribution >= 0.6 is 0 Å². The Hall–Kier alpha value is -1.05. The lowest BCUT2D eigenvalue weighted by molar-refractivity contribution is -0.142. The highest BCUT2D eigenvalue weighted by Gasteiger charge is 1.98. The summed E-state index contributed by atoms with van der Waals surface area (Å²) in [4.78, 5) is 10.9. The van der Waals surface area contributed by atoms with Crippen LogP contribution in [0.15, 0.2) is 24.8 Å². The standard InChI is InChI=1S/C10H16O2/c1-3-5-6-7-8-10(11)12-9-4-2/h3-5H,2,6-9H2,1H3/b5-3-. The fraction of sp³-hybridized carbons (Fsp3) is 0.500. The van der Waals surface area contributed by atoms with Crippen molar-refractivity contribution in [1.29, 1.82) is 0 Å². The number of carbonyl (C=O) groups excluding carboxylic acids is 1. The van der Waals surface area contributed by atoms with E-state index in [2.05, 4.69) is 6.58 Å². The van der Waals surface area contributed by atoms with Crippen LogP contribution in [0, 0.1) is 0 Å². The molecule has 0 saturated carbocycles. The topological polar surface area (TPSA) is 26.3 Å². The fourth-order valence-corrected chi connectivity index (χ4v) is 0.755. The predicted octanol–water partition coefficient (Wildman–Crippen LogP) is 2.46. The molecule has 0 heterocycles. The van der Waals surface area contributed by atoms with Gasteiger partial charge >= 0.3 is 5.97 Å². The average molecular weight is 168 g/mol. The van der Waals surface area contributed by atoms with Gasteiger partial charge in [-0.05, 0) is 19.8 Å². The zero-order valence-electron chi connectivity index (χ0n) is 7.58. The highest BCUT2D eigenvalue weighted by Crippen LogP contribution is 1.98. The Morgan fingerprint density at radius 1 is 1.58 bits per heavy atom. The molecule has 0 bridgehead atoms. The van der Waals surface area contributed by atoms with Crippen LogP contribution in [-0.4, -0.2) is 12.6 Å². The summed E-state index contributed by atoms with van der Waals surface area (Å²) >= 11 is 0. The number of hydrogen-bond donors (Lipinski definition) is 0. The molecule has 0 aliphatic rings. The molecular weight excluding hydrogens is 152 g/mol. The minimum absolute atomic E-state index is 0.139. The van der Waals surface area contributed by atoms with E-state index in [1.807, 2.05) is 19.1 Å². The monoisotopic (exact) mass is 168 g/mol. The third-order valence-electron chi connectivity index (χ3n) is 1.35. The van der Waals surface area contributed by atoms with Crippen molar-refractivity contribution in [1.82, 2.24) is 0 Å². The molecule has 0 aromatic rings. The van der Waals surface area contributed by atoms with Gasteiger partial charge in [0.25, 0.3) is 0 Å². The molecule has 12 heavy (non-hydrogen) atoms. The van der Waals surface area contributed by atoms with Gasteiger partial charge in [-0.25, -0.2) is 0 Å². The highest BCUT2D eigenvalue weighted by molar-refractivity contribution is 5.69. The Bertz CT molecular complexity index is 159. The molecule has 0 atom stereocenters. The van der Waals surface area contributed by atoms with E-state index in [1.54, 1.807) is 6.08 Å². The molecule has 0 aromatic heterocycles. The number of rotatable bonds is 6. The molecule has 0 rings (SSSR count). The summed E-state index contributed by atoms with van der Waals surface area (Å²) in [5, 5.41) is 0. The Morgan fingerprint density at radius 3 is 2.92 bits per heavy atom. The molecule has 68 valence electrons. The van der Waals surface area contributed by atoms with Gasteiger partial charge in [0.1, 0.15) is 6.61 Å². The van der Waals surface area contributed by atoms with E-state index in [1.165, 1.54) is 0 Å². The molecule has 0 amide bonds. The molecule has 0 saturated heterocycles. The van der Waals surface area contributed by atoms with E-state index in [0.29, 0.717) is 13.0 Å². The molecule has 0 unspecified atom stereocenters. The van der Waals surface area contributed by atoms with Gasteiger partial charge < -0.3 is 4.74 Å². The van der Waals surface area contributed by atoms with Crippen molar-refractivity contribution < 1.29 is 9.53 Å². The average Bonchev–Trinajstić information content (AvgIpc) is 2.09. The lowest BCUT2D eigenvalue weighted by Gasteiger charge is -1.99. The normalized spacial score (nSPS) is 10.1. The second kappa shape index (κ2) is 8.05. The second-order valence-corrected chi connectivity index (χ2v) is 2.43. The van der Waals surface area contributed by atoms with Gasteiger partial charge in [-0.1, -0.05) is 24.8 Å². The van der Waals surface area contributed by atoms with Gasteiger partial charge in [0, 0.05) is 6.42 Å². The van der Waals surface area contributed by atoms with Crippen LogP contribution in [0.4, 0.5) is 0 Å². The van der Waals surface area contributed by atoms with Gasteiger partial charge in [-0.15, -0.1) is 0 Å². The van der Waals surface area contributed by atoms with Crippen LogP contribution < -0.4 is 0 Å². The molecule has 0 aromatic carbocycles. The number of hydrogen-bond acceptors (Lipinski definition) is 2. The van der Waals surface area contributed by atoms with Crippen LogP contribution in [0.3, 0.4) is 0 Å². The van der Waals surface area contributed by atoms with Crippen molar-refractivity contribution in [2.75, 3.05) is 6.61 Å². The molecule has 2 heteroatoms. The van der Waals surface area contributed by atoms with Crippen molar-refractivity contribution in [3.05, 3.63) is 24.8 Å². The maximum absolute atomic E-state index is 10.9. The minimum atomic E-state index is -0.139. The third kappa shape index (κ3) is 7.06. The molecule has 0 fully saturated rings. The van der Waals surface area contributed by atoms with Gasteiger partial charge in [-0.2, -0.15) is 0 Å². The Labute approximate surface area is 73.9 Å². The largest absolute Gasteiger partial charge is 0.461 e.